The number of benzene rings is 3. The highest BCUT2D eigenvalue weighted by atomic mass is 35.5. The average molecular weight is 445 g/mol. The molecule has 5 nitrogen and oxygen atoms in total. The maximum Gasteiger partial charge on any atom is 0.196 e. The number of aromatic nitrogens is 4. The van der Waals surface area contributed by atoms with Crippen LogP contribution in [0.5, 0.6) is 0 Å². The van der Waals surface area contributed by atoms with E-state index in [1.54, 1.807) is 0 Å². The molecule has 152 valence electrons. The summed E-state index contributed by atoms with van der Waals surface area (Å²) in [7, 11) is 0. The van der Waals surface area contributed by atoms with Gasteiger partial charge < -0.3 is 4.98 Å². The highest BCUT2D eigenvalue weighted by Gasteiger charge is 2.20. The average Bonchev–Trinajstić information content (AvgIpc) is 3.42. The number of halogens is 1. The normalized spacial score (nSPS) is 11.1. The smallest absolute Gasteiger partial charge is 0.196 e. The van der Waals surface area contributed by atoms with Gasteiger partial charge >= 0.3 is 0 Å². The van der Waals surface area contributed by atoms with Crippen LogP contribution in [-0.4, -0.2) is 31.3 Å². The first kappa shape index (κ1) is 19.6. The van der Waals surface area contributed by atoms with Crippen molar-refractivity contribution in [2.75, 3.05) is 5.75 Å². The number of hydrogen-bond acceptors (Lipinski definition) is 4. The second kappa shape index (κ2) is 8.41. The van der Waals surface area contributed by atoms with Crippen LogP contribution in [0.3, 0.4) is 0 Å². The first-order valence-electron chi connectivity index (χ1n) is 9.69. The van der Waals surface area contributed by atoms with Gasteiger partial charge in [-0.2, -0.15) is 0 Å². The molecule has 31 heavy (non-hydrogen) atoms. The van der Waals surface area contributed by atoms with Crippen LogP contribution >= 0.6 is 23.4 Å². The van der Waals surface area contributed by atoms with Gasteiger partial charge in [0.15, 0.2) is 16.8 Å². The van der Waals surface area contributed by atoms with Gasteiger partial charge in [0.05, 0.1) is 5.75 Å². The Hall–Kier alpha value is -3.35. The largest absolute Gasteiger partial charge is 0.360 e. The minimum absolute atomic E-state index is 0.0462. The summed E-state index contributed by atoms with van der Waals surface area (Å²) in [4.78, 5) is 15.9. The van der Waals surface area contributed by atoms with Gasteiger partial charge in [0.25, 0.3) is 0 Å². The Morgan fingerprint density at radius 2 is 1.68 bits per heavy atom. The van der Waals surface area contributed by atoms with Crippen LogP contribution in [0, 0.1) is 0 Å². The summed E-state index contributed by atoms with van der Waals surface area (Å²) in [6.45, 7) is 0. The van der Waals surface area contributed by atoms with Crippen molar-refractivity contribution in [3.8, 4) is 17.1 Å². The fourth-order valence-electron chi connectivity index (χ4n) is 3.45. The molecule has 0 aliphatic carbocycles. The highest BCUT2D eigenvalue weighted by Crippen LogP contribution is 2.32. The molecule has 3 aromatic carbocycles. The first-order chi connectivity index (χ1) is 15.2. The minimum Gasteiger partial charge on any atom is -0.360 e. The molecule has 0 saturated carbocycles. The van der Waals surface area contributed by atoms with Crippen molar-refractivity contribution < 1.29 is 4.79 Å². The number of rotatable bonds is 6. The Balaban J connectivity index is 1.56. The van der Waals surface area contributed by atoms with E-state index in [1.807, 2.05) is 89.6 Å². The zero-order valence-corrected chi connectivity index (χ0v) is 17.9. The Labute approximate surface area is 188 Å². The number of ketones is 1. The SMILES string of the molecule is O=C(CSc1nnc(-c2c[nH]c3ccccc23)n1-c1ccc(Cl)cc1)c1ccccc1. The Kier molecular flexibility index (Phi) is 5.32. The Bertz CT molecular complexity index is 1360. The minimum atomic E-state index is 0.0462. The van der Waals surface area contributed by atoms with E-state index in [0.717, 1.165) is 22.2 Å². The van der Waals surface area contributed by atoms with Crippen LogP contribution in [-0.2, 0) is 0 Å². The van der Waals surface area contributed by atoms with Gasteiger partial charge in [0.2, 0.25) is 0 Å². The van der Waals surface area contributed by atoms with Crippen LogP contribution in [0.25, 0.3) is 28.0 Å². The lowest BCUT2D eigenvalue weighted by Crippen LogP contribution is -2.04. The number of carbonyl (C=O) groups excluding carboxylic acids is 1. The molecule has 5 aromatic rings. The first-order valence-corrected chi connectivity index (χ1v) is 11.1. The lowest BCUT2D eigenvalue weighted by Gasteiger charge is -2.10. The molecule has 0 atom stereocenters. The second-order valence-corrected chi connectivity index (χ2v) is 8.32. The van der Waals surface area contributed by atoms with Gasteiger partial charge in [-0.25, -0.2) is 0 Å². The van der Waals surface area contributed by atoms with Gasteiger partial charge in [-0.05, 0) is 30.3 Å². The van der Waals surface area contributed by atoms with Crippen molar-refractivity contribution in [3.05, 3.63) is 95.6 Å². The molecule has 0 spiro atoms. The standard InChI is InChI=1S/C24H17ClN4OS/c25-17-10-12-18(13-11-17)29-23(20-14-26-21-9-5-4-8-19(20)21)27-28-24(29)31-15-22(30)16-6-2-1-3-7-16/h1-14,26H,15H2. The summed E-state index contributed by atoms with van der Waals surface area (Å²) in [6, 6.07) is 24.8. The number of fused-ring (bicyclic) bond motifs is 1. The third-order valence-corrected chi connectivity index (χ3v) is 6.16. The van der Waals surface area contributed by atoms with Crippen molar-refractivity contribution in [2.24, 2.45) is 0 Å². The quantitative estimate of drug-likeness (QED) is 0.256. The molecule has 0 amide bonds. The maximum atomic E-state index is 12.6. The molecular formula is C24H17ClN4OS. The summed E-state index contributed by atoms with van der Waals surface area (Å²) in [5, 5.41) is 11.3. The Morgan fingerprint density at radius 1 is 0.935 bits per heavy atom. The van der Waals surface area contributed by atoms with E-state index in [-0.39, 0.29) is 11.5 Å². The van der Waals surface area contributed by atoms with E-state index in [0.29, 0.717) is 21.6 Å². The molecule has 0 saturated heterocycles. The summed E-state index contributed by atoms with van der Waals surface area (Å²) in [5.74, 6) is 1.02. The van der Waals surface area contributed by atoms with E-state index < -0.39 is 0 Å². The van der Waals surface area contributed by atoms with Crippen molar-refractivity contribution in [2.45, 2.75) is 5.16 Å². The fraction of sp³-hybridized carbons (Fsp3) is 0.0417. The molecule has 0 aliphatic heterocycles. The van der Waals surface area contributed by atoms with E-state index in [1.165, 1.54) is 11.8 Å². The number of nitrogens with one attached hydrogen (secondary N) is 1. The molecule has 0 bridgehead atoms. The highest BCUT2D eigenvalue weighted by molar-refractivity contribution is 7.99. The number of para-hydroxylation sites is 1. The van der Waals surface area contributed by atoms with Crippen LogP contribution in [0.2, 0.25) is 5.02 Å². The summed E-state index contributed by atoms with van der Waals surface area (Å²) >= 11 is 7.47. The molecule has 0 radical (unpaired) electrons. The zero-order chi connectivity index (χ0) is 21.2. The van der Waals surface area contributed by atoms with Gasteiger partial charge in [-0.3, -0.25) is 9.36 Å². The summed E-state index contributed by atoms with van der Waals surface area (Å²) in [6.07, 6.45) is 1.94. The van der Waals surface area contributed by atoms with Gasteiger partial charge in [-0.15, -0.1) is 10.2 Å². The number of Topliss-reactive ketones (excluding diaryl/α,β-unsaturated/α-hetero) is 1. The maximum absolute atomic E-state index is 12.6. The number of hydrogen-bond donors (Lipinski definition) is 1. The van der Waals surface area contributed by atoms with Gasteiger partial charge in [-0.1, -0.05) is 71.9 Å². The molecule has 2 aromatic heterocycles. The topological polar surface area (TPSA) is 63.6 Å². The van der Waals surface area contributed by atoms with Crippen LogP contribution in [0.4, 0.5) is 0 Å². The van der Waals surface area contributed by atoms with E-state index in [2.05, 4.69) is 15.2 Å². The third-order valence-electron chi connectivity index (χ3n) is 4.98. The van der Waals surface area contributed by atoms with Crippen molar-refractivity contribution >= 4 is 40.0 Å². The number of carbonyl (C=O) groups is 1. The van der Waals surface area contributed by atoms with Crippen molar-refractivity contribution in [3.63, 3.8) is 0 Å². The molecular weight excluding hydrogens is 428 g/mol. The van der Waals surface area contributed by atoms with Gasteiger partial charge in [0, 0.05) is 38.9 Å². The molecule has 7 heteroatoms. The third kappa shape index (κ3) is 3.87. The van der Waals surface area contributed by atoms with Crippen molar-refractivity contribution in [1.29, 1.82) is 0 Å². The van der Waals surface area contributed by atoms with Crippen LogP contribution < -0.4 is 0 Å². The molecule has 5 rings (SSSR count). The summed E-state index contributed by atoms with van der Waals surface area (Å²) < 4.78 is 1.97. The molecule has 0 fully saturated rings. The number of thioether (sulfide) groups is 1. The fourth-order valence-corrected chi connectivity index (χ4v) is 4.43. The number of aromatic amines is 1. The predicted octanol–water partition coefficient (Wildman–Crippen LogP) is 6.04. The lowest BCUT2D eigenvalue weighted by molar-refractivity contribution is 0.102. The summed E-state index contributed by atoms with van der Waals surface area (Å²) in [5.41, 5.74) is 3.53. The zero-order valence-electron chi connectivity index (χ0n) is 16.3. The van der Waals surface area contributed by atoms with Gasteiger partial charge in [0.1, 0.15) is 0 Å². The molecule has 1 N–H and O–H groups in total. The molecule has 0 aliphatic rings. The van der Waals surface area contributed by atoms with Crippen molar-refractivity contribution in [1.82, 2.24) is 19.7 Å². The van der Waals surface area contributed by atoms with E-state index in [4.69, 9.17) is 11.6 Å². The molecule has 2 heterocycles. The predicted molar refractivity (Wildman–Crippen MR) is 125 cm³/mol. The number of nitrogens with zero attached hydrogens (tertiary/aromatic N) is 3. The monoisotopic (exact) mass is 444 g/mol. The number of H-pyrrole nitrogens is 1. The lowest BCUT2D eigenvalue weighted by atomic mass is 10.1. The second-order valence-electron chi connectivity index (χ2n) is 6.94. The van der Waals surface area contributed by atoms with Crippen LogP contribution in [0.15, 0.2) is 90.2 Å². The van der Waals surface area contributed by atoms with E-state index in [9.17, 15) is 4.79 Å². The van der Waals surface area contributed by atoms with Crippen LogP contribution in [0.1, 0.15) is 10.4 Å². The Morgan fingerprint density at radius 3 is 2.48 bits per heavy atom. The molecule has 0 unspecified atom stereocenters. The van der Waals surface area contributed by atoms with E-state index >= 15 is 0 Å².